The number of hydrogen-bond acceptors (Lipinski definition) is 4. The highest BCUT2D eigenvalue weighted by molar-refractivity contribution is 5.95. The zero-order chi connectivity index (χ0) is 19.2. The highest BCUT2D eigenvalue weighted by Gasteiger charge is 2.13. The van der Waals surface area contributed by atoms with Crippen molar-refractivity contribution in [3.63, 3.8) is 0 Å². The average Bonchev–Trinajstić information content (AvgIpc) is 2.69. The number of nitrogens with zero attached hydrogens (tertiary/aromatic N) is 2. The molecule has 0 aliphatic heterocycles. The highest BCUT2D eigenvalue weighted by Crippen LogP contribution is 2.17. The van der Waals surface area contributed by atoms with E-state index in [0.717, 1.165) is 11.3 Å². The summed E-state index contributed by atoms with van der Waals surface area (Å²) in [5, 5.41) is 3.16. The third-order valence-electron chi connectivity index (χ3n) is 4.18. The standard InChI is InChI=1S/C22H21N3O2/c1-16(26)18-8-10-20(11-9-18)24-21-14-19(12-13-23-21)22(27)25(2)15-17-6-4-3-5-7-17/h3-14H,15H2,1-2H3,(H,23,24). The number of carbonyl (C=O) groups is 2. The fourth-order valence-corrected chi connectivity index (χ4v) is 2.72. The van der Waals surface area contributed by atoms with Crippen molar-refractivity contribution in [2.45, 2.75) is 13.5 Å². The van der Waals surface area contributed by atoms with Crippen LogP contribution in [-0.2, 0) is 6.54 Å². The normalized spacial score (nSPS) is 10.3. The maximum atomic E-state index is 12.7. The number of aromatic nitrogens is 1. The Morgan fingerprint density at radius 3 is 2.33 bits per heavy atom. The number of rotatable bonds is 6. The maximum absolute atomic E-state index is 12.7. The van der Waals surface area contributed by atoms with Crippen molar-refractivity contribution in [3.8, 4) is 0 Å². The lowest BCUT2D eigenvalue weighted by atomic mass is 10.1. The number of carbonyl (C=O) groups excluding carboxylic acids is 2. The lowest BCUT2D eigenvalue weighted by molar-refractivity contribution is 0.0785. The van der Waals surface area contributed by atoms with Gasteiger partial charge in [-0.1, -0.05) is 30.3 Å². The van der Waals surface area contributed by atoms with Gasteiger partial charge in [-0.3, -0.25) is 9.59 Å². The van der Waals surface area contributed by atoms with E-state index in [1.54, 1.807) is 42.4 Å². The van der Waals surface area contributed by atoms with Gasteiger partial charge in [0.05, 0.1) is 0 Å². The first-order valence-corrected chi connectivity index (χ1v) is 8.66. The number of pyridine rings is 1. The summed E-state index contributed by atoms with van der Waals surface area (Å²) in [5.41, 5.74) is 3.09. The Labute approximate surface area is 158 Å². The number of nitrogens with one attached hydrogen (secondary N) is 1. The minimum atomic E-state index is -0.0729. The molecule has 0 unspecified atom stereocenters. The summed E-state index contributed by atoms with van der Waals surface area (Å²) < 4.78 is 0. The molecule has 5 nitrogen and oxygen atoms in total. The van der Waals surface area contributed by atoms with E-state index in [0.29, 0.717) is 23.5 Å². The van der Waals surface area contributed by atoms with Crippen LogP contribution in [-0.4, -0.2) is 28.6 Å². The van der Waals surface area contributed by atoms with Crippen molar-refractivity contribution < 1.29 is 9.59 Å². The molecule has 0 aliphatic carbocycles. The molecule has 0 fully saturated rings. The minimum Gasteiger partial charge on any atom is -0.340 e. The Kier molecular flexibility index (Phi) is 5.61. The van der Waals surface area contributed by atoms with Gasteiger partial charge in [0.1, 0.15) is 5.82 Å². The molecule has 0 saturated heterocycles. The second-order valence-corrected chi connectivity index (χ2v) is 6.34. The second-order valence-electron chi connectivity index (χ2n) is 6.34. The Hall–Kier alpha value is -3.47. The molecule has 3 rings (SSSR count). The quantitative estimate of drug-likeness (QED) is 0.667. The first kappa shape index (κ1) is 18.3. The smallest absolute Gasteiger partial charge is 0.254 e. The number of Topliss-reactive ketones (excluding diaryl/α,β-unsaturated/α-hetero) is 1. The van der Waals surface area contributed by atoms with Crippen molar-refractivity contribution in [1.29, 1.82) is 0 Å². The van der Waals surface area contributed by atoms with Gasteiger partial charge in [-0.05, 0) is 48.9 Å². The zero-order valence-corrected chi connectivity index (χ0v) is 15.3. The van der Waals surface area contributed by atoms with Gasteiger partial charge in [-0.2, -0.15) is 0 Å². The van der Waals surface area contributed by atoms with E-state index < -0.39 is 0 Å². The summed E-state index contributed by atoms with van der Waals surface area (Å²) in [5.74, 6) is 0.523. The van der Waals surface area contributed by atoms with Crippen molar-refractivity contribution in [3.05, 3.63) is 89.6 Å². The third kappa shape index (κ3) is 4.79. The summed E-state index contributed by atoms with van der Waals surface area (Å²) in [6.07, 6.45) is 1.61. The monoisotopic (exact) mass is 359 g/mol. The van der Waals surface area contributed by atoms with Crippen LogP contribution in [0.1, 0.15) is 33.2 Å². The Morgan fingerprint density at radius 1 is 0.963 bits per heavy atom. The molecule has 1 amide bonds. The summed E-state index contributed by atoms with van der Waals surface area (Å²) in [7, 11) is 1.78. The molecule has 0 saturated carbocycles. The van der Waals surface area contributed by atoms with Crippen molar-refractivity contribution in [2.24, 2.45) is 0 Å². The summed E-state index contributed by atoms with van der Waals surface area (Å²) >= 11 is 0. The molecule has 0 radical (unpaired) electrons. The molecule has 0 atom stereocenters. The Balaban J connectivity index is 1.70. The van der Waals surface area contributed by atoms with Gasteiger partial charge in [0.15, 0.2) is 5.78 Å². The molecule has 1 heterocycles. The van der Waals surface area contributed by atoms with E-state index in [9.17, 15) is 9.59 Å². The summed E-state index contributed by atoms with van der Waals surface area (Å²) in [6, 6.07) is 20.4. The fourth-order valence-electron chi connectivity index (χ4n) is 2.72. The topological polar surface area (TPSA) is 62.3 Å². The molecule has 0 bridgehead atoms. The van der Waals surface area contributed by atoms with Gasteiger partial charge in [-0.15, -0.1) is 0 Å². The molecular formula is C22H21N3O2. The van der Waals surface area contributed by atoms with Crippen LogP contribution in [0.2, 0.25) is 0 Å². The lowest BCUT2D eigenvalue weighted by Gasteiger charge is -2.17. The Morgan fingerprint density at radius 2 is 1.67 bits per heavy atom. The fraction of sp³-hybridized carbons (Fsp3) is 0.136. The van der Waals surface area contributed by atoms with Gasteiger partial charge < -0.3 is 10.2 Å². The summed E-state index contributed by atoms with van der Waals surface area (Å²) in [4.78, 5) is 30.0. The molecule has 27 heavy (non-hydrogen) atoms. The van der Waals surface area contributed by atoms with Crippen LogP contribution < -0.4 is 5.32 Å². The maximum Gasteiger partial charge on any atom is 0.254 e. The largest absolute Gasteiger partial charge is 0.340 e. The highest BCUT2D eigenvalue weighted by atomic mass is 16.2. The van der Waals surface area contributed by atoms with Gasteiger partial charge in [0, 0.05) is 36.6 Å². The predicted octanol–water partition coefficient (Wildman–Crippen LogP) is 4.30. The van der Waals surface area contributed by atoms with Gasteiger partial charge in [-0.25, -0.2) is 4.98 Å². The first-order chi connectivity index (χ1) is 13.0. The van der Waals surface area contributed by atoms with E-state index in [1.165, 1.54) is 6.92 Å². The SMILES string of the molecule is CC(=O)c1ccc(Nc2cc(C(=O)N(C)Cc3ccccc3)ccn2)cc1. The molecule has 1 N–H and O–H groups in total. The number of anilines is 2. The van der Waals surface area contributed by atoms with Crippen LogP contribution in [0, 0.1) is 0 Å². The number of amides is 1. The van der Waals surface area contributed by atoms with Crippen molar-refractivity contribution >= 4 is 23.2 Å². The first-order valence-electron chi connectivity index (χ1n) is 8.66. The Bertz CT molecular complexity index is 937. The van der Waals surface area contributed by atoms with Crippen LogP contribution in [0.5, 0.6) is 0 Å². The lowest BCUT2D eigenvalue weighted by Crippen LogP contribution is -2.26. The molecule has 136 valence electrons. The van der Waals surface area contributed by atoms with E-state index in [1.807, 2.05) is 42.5 Å². The van der Waals surface area contributed by atoms with E-state index >= 15 is 0 Å². The minimum absolute atomic E-state index is 0.0220. The molecule has 5 heteroatoms. The molecule has 0 spiro atoms. The second kappa shape index (κ2) is 8.27. The molecule has 3 aromatic rings. The van der Waals surface area contributed by atoms with Crippen LogP contribution in [0.4, 0.5) is 11.5 Å². The van der Waals surface area contributed by atoms with Crippen molar-refractivity contribution in [1.82, 2.24) is 9.88 Å². The van der Waals surface area contributed by atoms with Crippen LogP contribution in [0.15, 0.2) is 72.9 Å². The van der Waals surface area contributed by atoms with Crippen LogP contribution in [0.3, 0.4) is 0 Å². The summed E-state index contributed by atoms with van der Waals surface area (Å²) in [6.45, 7) is 2.07. The predicted molar refractivity (Wildman–Crippen MR) is 106 cm³/mol. The van der Waals surface area contributed by atoms with Gasteiger partial charge in [0.25, 0.3) is 5.91 Å². The van der Waals surface area contributed by atoms with Crippen molar-refractivity contribution in [2.75, 3.05) is 12.4 Å². The van der Waals surface area contributed by atoms with Gasteiger partial charge >= 0.3 is 0 Å². The number of ketones is 1. The average molecular weight is 359 g/mol. The van der Waals surface area contributed by atoms with Crippen LogP contribution in [0.25, 0.3) is 0 Å². The molecular weight excluding hydrogens is 338 g/mol. The number of hydrogen-bond donors (Lipinski definition) is 1. The van der Waals surface area contributed by atoms with E-state index in [2.05, 4.69) is 10.3 Å². The van der Waals surface area contributed by atoms with E-state index in [-0.39, 0.29) is 11.7 Å². The molecule has 2 aromatic carbocycles. The third-order valence-corrected chi connectivity index (χ3v) is 4.18. The van der Waals surface area contributed by atoms with Crippen LogP contribution >= 0.6 is 0 Å². The number of benzene rings is 2. The molecule has 0 aliphatic rings. The van der Waals surface area contributed by atoms with E-state index in [4.69, 9.17) is 0 Å². The zero-order valence-electron chi connectivity index (χ0n) is 15.3. The van der Waals surface area contributed by atoms with Gasteiger partial charge in [0.2, 0.25) is 0 Å². The molecule has 1 aromatic heterocycles.